The van der Waals surface area contributed by atoms with Gasteiger partial charge in [0.05, 0.1) is 0 Å². The van der Waals surface area contributed by atoms with E-state index < -0.39 is 11.8 Å². The summed E-state index contributed by atoms with van der Waals surface area (Å²) in [7, 11) is 0. The van der Waals surface area contributed by atoms with Crippen molar-refractivity contribution in [2.24, 2.45) is 5.92 Å². The molecule has 1 fully saturated rings. The molecule has 0 amide bonds. The third kappa shape index (κ3) is 4.37. The molecular weight excluding hydrogens is 450 g/mol. The molecule has 34 heavy (non-hydrogen) atoms. The lowest BCUT2D eigenvalue weighted by Crippen LogP contribution is -2.42. The van der Waals surface area contributed by atoms with Crippen molar-refractivity contribution >= 4 is 23.4 Å². The summed E-state index contributed by atoms with van der Waals surface area (Å²) < 4.78 is 5.87. The number of phenols is 1. The first kappa shape index (κ1) is 22.7. The van der Waals surface area contributed by atoms with Crippen LogP contribution in [0.15, 0.2) is 72.1 Å². The first-order valence-electron chi connectivity index (χ1n) is 11.9. The summed E-state index contributed by atoms with van der Waals surface area (Å²) in [5.74, 6) is -1.56. The molecule has 3 unspecified atom stereocenters. The topological polar surface area (TPSA) is 75.6 Å². The maximum atomic E-state index is 13.6. The Morgan fingerprint density at radius 3 is 2.50 bits per heavy atom. The van der Waals surface area contributed by atoms with Crippen molar-refractivity contribution in [2.75, 3.05) is 0 Å². The summed E-state index contributed by atoms with van der Waals surface area (Å²) in [4.78, 5) is 27.0. The molecule has 0 spiro atoms. The Morgan fingerprint density at radius 2 is 1.79 bits per heavy atom. The zero-order valence-electron chi connectivity index (χ0n) is 18.9. The molecule has 2 aliphatic carbocycles. The number of aromatic hydroxyl groups is 1. The lowest BCUT2D eigenvalue weighted by molar-refractivity contribution is -0.153. The first-order valence-corrected chi connectivity index (χ1v) is 12.3. The molecule has 5 nitrogen and oxygen atoms in total. The van der Waals surface area contributed by atoms with Crippen molar-refractivity contribution in [2.45, 2.75) is 56.5 Å². The number of esters is 1. The predicted octanol–water partition coefficient (Wildman–Crippen LogP) is 5.75. The summed E-state index contributed by atoms with van der Waals surface area (Å²) >= 11 is 6.05. The highest BCUT2D eigenvalue weighted by molar-refractivity contribution is 6.30. The molecule has 0 radical (unpaired) electrons. The smallest absolute Gasteiger partial charge is 0.316 e. The van der Waals surface area contributed by atoms with Crippen LogP contribution in [0.2, 0.25) is 5.02 Å². The minimum absolute atomic E-state index is 0.00629. The van der Waals surface area contributed by atoms with Gasteiger partial charge in [0.15, 0.2) is 5.78 Å². The molecule has 1 heterocycles. The molecule has 3 aliphatic rings. The highest BCUT2D eigenvalue weighted by Crippen LogP contribution is 2.47. The molecule has 5 rings (SSSR count). The average molecular weight is 478 g/mol. The van der Waals surface area contributed by atoms with E-state index >= 15 is 0 Å². The fourth-order valence-electron chi connectivity index (χ4n) is 5.62. The summed E-state index contributed by atoms with van der Waals surface area (Å²) in [6.45, 7) is 4.18. The van der Waals surface area contributed by atoms with E-state index in [9.17, 15) is 14.7 Å². The summed E-state index contributed by atoms with van der Waals surface area (Å²) in [5.41, 5.74) is 3.67. The number of halogens is 1. The highest BCUT2D eigenvalue weighted by atomic mass is 35.5. The fourth-order valence-corrected chi connectivity index (χ4v) is 5.75. The molecule has 3 atom stereocenters. The molecule has 2 N–H and O–H groups in total. The molecule has 0 bridgehead atoms. The number of hydrogen-bond acceptors (Lipinski definition) is 5. The van der Waals surface area contributed by atoms with Crippen molar-refractivity contribution in [3.05, 3.63) is 88.2 Å². The molecule has 2 aromatic rings. The van der Waals surface area contributed by atoms with E-state index in [0.717, 1.165) is 36.9 Å². The normalized spacial score (nSPS) is 25.1. The van der Waals surface area contributed by atoms with E-state index in [1.165, 1.54) is 0 Å². The van der Waals surface area contributed by atoms with Gasteiger partial charge in [-0.1, -0.05) is 42.4 Å². The SMILES string of the molecule is C=C1NC2=C(C(=O)CC(c3ccc(Cl)cc3)C2)C(c2cccc(O)c2)C1C(=O)OC1CCCC1. The lowest BCUT2D eigenvalue weighted by Gasteiger charge is -2.40. The summed E-state index contributed by atoms with van der Waals surface area (Å²) in [5, 5.41) is 14.1. The standard InChI is InChI=1S/C28H28ClNO4/c1-16-25(28(33)34-22-7-2-3-8-22)26(18-5-4-6-21(31)13-18)27-23(30-16)14-19(15-24(27)32)17-9-11-20(29)12-10-17/h4-6,9-13,19,22,25-26,30-31H,1-3,7-8,14-15H2. The predicted molar refractivity (Wildman–Crippen MR) is 130 cm³/mol. The number of carbonyl (C=O) groups excluding carboxylic acids is 2. The lowest BCUT2D eigenvalue weighted by atomic mass is 9.69. The van der Waals surface area contributed by atoms with Crippen molar-refractivity contribution < 1.29 is 19.4 Å². The molecule has 1 aliphatic heterocycles. The van der Waals surface area contributed by atoms with Crippen LogP contribution in [0.5, 0.6) is 5.75 Å². The van der Waals surface area contributed by atoms with E-state index in [4.69, 9.17) is 16.3 Å². The number of Topliss-reactive ketones (excluding diaryl/α,β-unsaturated/α-hetero) is 1. The van der Waals surface area contributed by atoms with Gasteiger partial charge in [-0.3, -0.25) is 9.59 Å². The van der Waals surface area contributed by atoms with E-state index in [1.807, 2.05) is 30.3 Å². The van der Waals surface area contributed by atoms with Gasteiger partial charge in [0.2, 0.25) is 0 Å². The fraction of sp³-hybridized carbons (Fsp3) is 0.357. The number of phenolic OH excluding ortho intramolecular Hbond substituents is 1. The number of nitrogens with one attached hydrogen (secondary N) is 1. The minimum atomic E-state index is -0.739. The number of ether oxygens (including phenoxy) is 1. The van der Waals surface area contributed by atoms with Crippen LogP contribution in [-0.4, -0.2) is 23.0 Å². The van der Waals surface area contributed by atoms with Crippen LogP contribution in [0.4, 0.5) is 0 Å². The van der Waals surface area contributed by atoms with E-state index in [2.05, 4.69) is 11.9 Å². The number of hydrogen-bond donors (Lipinski definition) is 2. The Bertz CT molecular complexity index is 1160. The monoisotopic (exact) mass is 477 g/mol. The largest absolute Gasteiger partial charge is 0.508 e. The van der Waals surface area contributed by atoms with Gasteiger partial charge in [-0.2, -0.15) is 0 Å². The summed E-state index contributed by atoms with van der Waals surface area (Å²) in [6, 6.07) is 14.4. The zero-order valence-corrected chi connectivity index (χ0v) is 19.7. The van der Waals surface area contributed by atoms with Crippen LogP contribution in [0.25, 0.3) is 0 Å². The van der Waals surface area contributed by atoms with Gasteiger partial charge >= 0.3 is 5.97 Å². The van der Waals surface area contributed by atoms with Crippen LogP contribution in [0, 0.1) is 5.92 Å². The maximum Gasteiger partial charge on any atom is 0.316 e. The number of allylic oxidation sites excluding steroid dienone is 2. The van der Waals surface area contributed by atoms with Gasteiger partial charge in [-0.05, 0) is 73.4 Å². The van der Waals surface area contributed by atoms with Gasteiger partial charge in [-0.15, -0.1) is 0 Å². The number of ketones is 1. The summed E-state index contributed by atoms with van der Waals surface area (Å²) in [6.07, 6.45) is 4.72. The van der Waals surface area contributed by atoms with Crippen LogP contribution in [0.3, 0.4) is 0 Å². The molecule has 0 saturated heterocycles. The third-order valence-electron chi connectivity index (χ3n) is 7.25. The molecule has 1 saturated carbocycles. The Hall–Kier alpha value is -3.05. The van der Waals surface area contributed by atoms with E-state index in [-0.39, 0.29) is 29.5 Å². The van der Waals surface area contributed by atoms with Crippen molar-refractivity contribution in [1.29, 1.82) is 0 Å². The van der Waals surface area contributed by atoms with E-state index in [1.54, 1.807) is 18.2 Å². The second kappa shape index (κ2) is 9.30. The minimum Gasteiger partial charge on any atom is -0.508 e. The Morgan fingerprint density at radius 1 is 1.06 bits per heavy atom. The molecule has 2 aromatic carbocycles. The average Bonchev–Trinajstić information content (AvgIpc) is 3.31. The second-order valence-corrected chi connectivity index (χ2v) is 9.95. The van der Waals surface area contributed by atoms with Crippen LogP contribution < -0.4 is 5.32 Å². The Balaban J connectivity index is 1.53. The van der Waals surface area contributed by atoms with Crippen molar-refractivity contribution in [3.63, 3.8) is 0 Å². The highest BCUT2D eigenvalue weighted by Gasteiger charge is 2.46. The Labute approximate surface area is 204 Å². The van der Waals surface area contributed by atoms with Crippen LogP contribution in [-0.2, 0) is 14.3 Å². The van der Waals surface area contributed by atoms with Gasteiger partial charge < -0.3 is 15.2 Å². The zero-order chi connectivity index (χ0) is 23.8. The first-order chi connectivity index (χ1) is 16.4. The van der Waals surface area contributed by atoms with Gasteiger partial charge in [0.25, 0.3) is 0 Å². The molecule has 0 aromatic heterocycles. The van der Waals surface area contributed by atoms with E-state index in [0.29, 0.717) is 34.7 Å². The van der Waals surface area contributed by atoms with Gasteiger partial charge in [0.1, 0.15) is 17.8 Å². The molecular formula is C28H28ClNO4. The number of carbonyl (C=O) groups is 2. The maximum absolute atomic E-state index is 13.6. The van der Waals surface area contributed by atoms with Crippen LogP contribution >= 0.6 is 11.6 Å². The molecule has 176 valence electrons. The number of benzene rings is 2. The van der Waals surface area contributed by atoms with Gasteiger partial charge in [-0.25, -0.2) is 0 Å². The molecule has 6 heteroatoms. The Kier molecular flexibility index (Phi) is 6.22. The van der Waals surface area contributed by atoms with Crippen LogP contribution in [0.1, 0.15) is 61.5 Å². The quantitative estimate of drug-likeness (QED) is 0.548. The third-order valence-corrected chi connectivity index (χ3v) is 7.50. The van der Waals surface area contributed by atoms with Crippen molar-refractivity contribution in [3.8, 4) is 5.75 Å². The second-order valence-electron chi connectivity index (χ2n) is 9.52. The van der Waals surface area contributed by atoms with Gasteiger partial charge in [0, 0.05) is 34.3 Å². The van der Waals surface area contributed by atoms with Crippen molar-refractivity contribution in [1.82, 2.24) is 5.32 Å². The number of rotatable bonds is 4.